The molecule has 0 aromatic carbocycles. The van der Waals surface area contributed by atoms with Crippen molar-refractivity contribution in [1.82, 2.24) is 5.06 Å². The van der Waals surface area contributed by atoms with Crippen LogP contribution in [0.4, 0.5) is 0 Å². The van der Waals surface area contributed by atoms with Gasteiger partial charge in [0.1, 0.15) is 0 Å². The van der Waals surface area contributed by atoms with Crippen LogP contribution in [0.5, 0.6) is 0 Å². The van der Waals surface area contributed by atoms with Crippen molar-refractivity contribution < 1.29 is 9.63 Å². The average Bonchev–Trinajstić information content (AvgIpc) is 2.38. The Kier molecular flexibility index (Phi) is 2.68. The van der Waals surface area contributed by atoms with Crippen molar-refractivity contribution in [3.8, 4) is 0 Å². The number of rotatable bonds is 2. The van der Waals surface area contributed by atoms with Crippen molar-refractivity contribution in [1.29, 1.82) is 0 Å². The van der Waals surface area contributed by atoms with E-state index in [1.54, 1.807) is 0 Å². The van der Waals surface area contributed by atoms with Crippen LogP contribution in [-0.2, 0) is 9.63 Å². The number of carbonyl (C=O) groups excluding carboxylic acids is 1. The molecule has 0 aromatic rings. The third-order valence-corrected chi connectivity index (χ3v) is 1.49. The molecular weight excluding hydrogens is 130 g/mol. The molecule has 0 aromatic heterocycles. The van der Waals surface area contributed by atoms with Crippen LogP contribution in [-0.4, -0.2) is 24.1 Å². The van der Waals surface area contributed by atoms with Crippen molar-refractivity contribution in [2.75, 3.05) is 13.2 Å². The fraction of sp³-hybridized carbons (Fsp3) is 0.857. The van der Waals surface area contributed by atoms with E-state index in [2.05, 4.69) is 0 Å². The molecule has 0 aliphatic carbocycles. The van der Waals surface area contributed by atoms with E-state index >= 15 is 0 Å². The van der Waals surface area contributed by atoms with Crippen LogP contribution in [0.15, 0.2) is 0 Å². The summed E-state index contributed by atoms with van der Waals surface area (Å²) in [5.41, 5.74) is 0. The first-order valence-corrected chi connectivity index (χ1v) is 3.78. The zero-order chi connectivity index (χ0) is 7.40. The molecule has 1 heterocycles. The summed E-state index contributed by atoms with van der Waals surface area (Å²) in [6, 6.07) is 0. The topological polar surface area (TPSA) is 29.5 Å². The Morgan fingerprint density at radius 2 is 2.50 bits per heavy atom. The van der Waals surface area contributed by atoms with Crippen molar-refractivity contribution in [2.24, 2.45) is 0 Å². The molecule has 0 radical (unpaired) electrons. The Morgan fingerprint density at radius 3 is 3.00 bits per heavy atom. The predicted octanol–water partition coefficient (Wildman–Crippen LogP) is 0.950. The van der Waals surface area contributed by atoms with Crippen molar-refractivity contribution in [3.63, 3.8) is 0 Å². The van der Waals surface area contributed by atoms with Gasteiger partial charge in [0.2, 0.25) is 5.91 Å². The third kappa shape index (κ3) is 1.70. The van der Waals surface area contributed by atoms with Crippen LogP contribution in [0.2, 0.25) is 0 Å². The molecule has 0 unspecified atom stereocenters. The summed E-state index contributed by atoms with van der Waals surface area (Å²) in [5.74, 6) is 0.125. The molecule has 3 nitrogen and oxygen atoms in total. The second kappa shape index (κ2) is 3.56. The molecule has 0 spiro atoms. The van der Waals surface area contributed by atoms with E-state index < -0.39 is 0 Å². The summed E-state index contributed by atoms with van der Waals surface area (Å²) in [5, 5.41) is 1.48. The second-order valence-electron chi connectivity index (χ2n) is 2.43. The number of nitrogens with zero attached hydrogens (tertiary/aromatic N) is 1. The molecule has 1 amide bonds. The number of hydroxylamine groups is 2. The van der Waals surface area contributed by atoms with Gasteiger partial charge >= 0.3 is 0 Å². The number of hydrogen-bond acceptors (Lipinski definition) is 2. The molecular formula is C7H13NO2. The van der Waals surface area contributed by atoms with Crippen molar-refractivity contribution in [3.05, 3.63) is 0 Å². The Hall–Kier alpha value is -0.570. The Balaban J connectivity index is 2.25. The van der Waals surface area contributed by atoms with E-state index in [0.29, 0.717) is 13.0 Å². The van der Waals surface area contributed by atoms with Crippen LogP contribution in [0.3, 0.4) is 0 Å². The number of amides is 1. The van der Waals surface area contributed by atoms with Crippen molar-refractivity contribution in [2.45, 2.75) is 26.2 Å². The first-order chi connectivity index (χ1) is 4.84. The highest BCUT2D eigenvalue weighted by Crippen LogP contribution is 2.06. The molecule has 1 fully saturated rings. The lowest BCUT2D eigenvalue weighted by molar-refractivity contribution is -0.168. The minimum Gasteiger partial charge on any atom is -0.273 e. The Labute approximate surface area is 60.9 Å². The van der Waals surface area contributed by atoms with Crippen LogP contribution in [0.25, 0.3) is 0 Å². The highest BCUT2D eigenvalue weighted by molar-refractivity contribution is 5.75. The molecule has 1 rings (SSSR count). The van der Waals surface area contributed by atoms with Gasteiger partial charge in [0.05, 0.1) is 13.2 Å². The molecule has 0 atom stereocenters. The van der Waals surface area contributed by atoms with Crippen LogP contribution < -0.4 is 0 Å². The standard InChI is InChI=1S/C7H13NO2/c1-2-4-7(9)8-5-3-6-10-8/h2-6H2,1H3. The summed E-state index contributed by atoms with van der Waals surface area (Å²) in [4.78, 5) is 16.1. The molecule has 1 aliphatic rings. The van der Waals surface area contributed by atoms with Gasteiger partial charge in [-0.1, -0.05) is 6.92 Å². The highest BCUT2D eigenvalue weighted by atomic mass is 16.7. The Bertz CT molecular complexity index is 119. The Morgan fingerprint density at radius 1 is 1.70 bits per heavy atom. The SMILES string of the molecule is CCCC(=O)N1CCCO1. The zero-order valence-corrected chi connectivity index (χ0v) is 6.30. The lowest BCUT2D eigenvalue weighted by atomic mass is 10.3. The van der Waals surface area contributed by atoms with Gasteiger partial charge in [-0.2, -0.15) is 0 Å². The average molecular weight is 143 g/mol. The molecule has 0 bridgehead atoms. The smallest absolute Gasteiger partial charge is 0.246 e. The number of carbonyl (C=O) groups is 1. The van der Waals surface area contributed by atoms with Gasteiger partial charge in [-0.3, -0.25) is 9.63 Å². The predicted molar refractivity (Wildman–Crippen MR) is 37.2 cm³/mol. The summed E-state index contributed by atoms with van der Waals surface area (Å²) in [7, 11) is 0. The molecule has 1 aliphatic heterocycles. The van der Waals surface area contributed by atoms with Gasteiger partial charge in [-0.15, -0.1) is 0 Å². The maximum atomic E-state index is 11.0. The molecule has 10 heavy (non-hydrogen) atoms. The van der Waals surface area contributed by atoms with Crippen LogP contribution >= 0.6 is 0 Å². The molecule has 58 valence electrons. The fourth-order valence-electron chi connectivity index (χ4n) is 0.983. The zero-order valence-electron chi connectivity index (χ0n) is 6.30. The lowest BCUT2D eigenvalue weighted by Gasteiger charge is -2.12. The molecule has 1 saturated heterocycles. The van der Waals surface area contributed by atoms with Gasteiger partial charge in [0, 0.05) is 6.42 Å². The highest BCUT2D eigenvalue weighted by Gasteiger charge is 2.17. The third-order valence-electron chi connectivity index (χ3n) is 1.49. The van der Waals surface area contributed by atoms with E-state index in [-0.39, 0.29) is 5.91 Å². The molecule has 0 saturated carbocycles. The first kappa shape index (κ1) is 7.54. The van der Waals surface area contributed by atoms with Gasteiger partial charge < -0.3 is 0 Å². The minimum atomic E-state index is 0.125. The summed E-state index contributed by atoms with van der Waals surface area (Å²) in [6.45, 7) is 3.47. The summed E-state index contributed by atoms with van der Waals surface area (Å²) < 4.78 is 0. The van der Waals surface area contributed by atoms with Gasteiger partial charge in [0.25, 0.3) is 0 Å². The summed E-state index contributed by atoms with van der Waals surface area (Å²) in [6.07, 6.45) is 2.49. The van der Waals surface area contributed by atoms with E-state index in [4.69, 9.17) is 4.84 Å². The minimum absolute atomic E-state index is 0.125. The van der Waals surface area contributed by atoms with Crippen LogP contribution in [0, 0.1) is 0 Å². The van der Waals surface area contributed by atoms with E-state index in [1.807, 2.05) is 6.92 Å². The summed E-state index contributed by atoms with van der Waals surface area (Å²) >= 11 is 0. The van der Waals surface area contributed by atoms with Gasteiger partial charge in [-0.05, 0) is 12.8 Å². The monoisotopic (exact) mass is 143 g/mol. The fourth-order valence-corrected chi connectivity index (χ4v) is 0.983. The normalized spacial score (nSPS) is 17.9. The molecule has 0 N–H and O–H groups in total. The van der Waals surface area contributed by atoms with E-state index in [1.165, 1.54) is 5.06 Å². The van der Waals surface area contributed by atoms with Crippen LogP contribution in [0.1, 0.15) is 26.2 Å². The quantitative estimate of drug-likeness (QED) is 0.576. The number of hydrogen-bond donors (Lipinski definition) is 0. The van der Waals surface area contributed by atoms with E-state index in [0.717, 1.165) is 19.4 Å². The lowest BCUT2D eigenvalue weighted by Crippen LogP contribution is -2.25. The van der Waals surface area contributed by atoms with Gasteiger partial charge in [-0.25, -0.2) is 5.06 Å². The maximum absolute atomic E-state index is 11.0. The second-order valence-corrected chi connectivity index (χ2v) is 2.43. The first-order valence-electron chi connectivity index (χ1n) is 3.78. The van der Waals surface area contributed by atoms with Gasteiger partial charge in [0.15, 0.2) is 0 Å². The maximum Gasteiger partial charge on any atom is 0.246 e. The largest absolute Gasteiger partial charge is 0.273 e. The van der Waals surface area contributed by atoms with Crippen molar-refractivity contribution >= 4 is 5.91 Å². The molecule has 3 heteroatoms. The van der Waals surface area contributed by atoms with E-state index in [9.17, 15) is 4.79 Å².